The molecule has 0 fully saturated rings. The van der Waals surface area contributed by atoms with E-state index in [0.29, 0.717) is 11.3 Å². The van der Waals surface area contributed by atoms with Crippen molar-refractivity contribution in [2.75, 3.05) is 0 Å². The van der Waals surface area contributed by atoms with Gasteiger partial charge in [0.05, 0.1) is 16.5 Å². The van der Waals surface area contributed by atoms with Gasteiger partial charge in [0.15, 0.2) is 11.6 Å². The molecule has 0 spiro atoms. The molecular formula is C33H26N2O5S. The highest BCUT2D eigenvalue weighted by molar-refractivity contribution is 7.89. The number of nitrogens with zero attached hydrogens (tertiary/aromatic N) is 2. The lowest BCUT2D eigenvalue weighted by molar-refractivity contribution is 0.0697. The molecule has 1 aliphatic rings. The minimum atomic E-state index is -4.08. The maximum Gasteiger partial charge on any atom is 0.335 e. The van der Waals surface area contributed by atoms with Crippen molar-refractivity contribution >= 4 is 21.8 Å². The summed E-state index contributed by atoms with van der Waals surface area (Å²) in [4.78, 5) is 16.5. The molecule has 0 aliphatic carbocycles. The molecule has 6 rings (SSSR count). The van der Waals surface area contributed by atoms with Gasteiger partial charge in [-0.1, -0.05) is 90.5 Å². The lowest BCUT2D eigenvalue weighted by Crippen LogP contribution is -2.37. The normalized spacial score (nSPS) is 16.9. The highest BCUT2D eigenvalue weighted by Crippen LogP contribution is 2.46. The van der Waals surface area contributed by atoms with Crippen LogP contribution in [0.15, 0.2) is 136 Å². The van der Waals surface area contributed by atoms with Gasteiger partial charge < -0.3 is 9.52 Å². The molecule has 1 N–H and O–H groups in total. The molecule has 0 radical (unpaired) electrons. The van der Waals surface area contributed by atoms with E-state index in [1.165, 1.54) is 16.4 Å². The monoisotopic (exact) mass is 562 g/mol. The second kappa shape index (κ2) is 10.6. The summed E-state index contributed by atoms with van der Waals surface area (Å²) in [7, 11) is -4.08. The molecule has 0 unspecified atom stereocenters. The number of aliphatic imine (C=N–C) groups is 1. The molecule has 0 saturated heterocycles. The SMILES string of the molecule is Cc1ccc(S(=O)(=O)N2C(c3ccc(-c4ccc(C(=O)O)cc4)o3)=N[C@H](c3ccccc3)[C@H]2c2ccccc2)cc1. The van der Waals surface area contributed by atoms with Crippen LogP contribution in [0.1, 0.15) is 44.9 Å². The Kier molecular flexibility index (Phi) is 6.77. The van der Waals surface area contributed by atoms with Crippen LogP contribution in [-0.2, 0) is 10.0 Å². The lowest BCUT2D eigenvalue weighted by Gasteiger charge is -2.30. The summed E-state index contributed by atoms with van der Waals surface area (Å²) in [5, 5.41) is 9.24. The Balaban J connectivity index is 1.52. The Morgan fingerprint density at radius 2 is 1.34 bits per heavy atom. The number of hydrogen-bond donors (Lipinski definition) is 1. The summed E-state index contributed by atoms with van der Waals surface area (Å²) >= 11 is 0. The van der Waals surface area contributed by atoms with Gasteiger partial charge in [-0.15, -0.1) is 0 Å². The highest BCUT2D eigenvalue weighted by Gasteiger charge is 2.46. The van der Waals surface area contributed by atoms with Crippen molar-refractivity contribution in [2.45, 2.75) is 23.9 Å². The number of hydrogen-bond acceptors (Lipinski definition) is 5. The zero-order valence-corrected chi connectivity index (χ0v) is 22.9. The second-order valence-corrected chi connectivity index (χ2v) is 11.6. The number of aromatic carboxylic acids is 1. The maximum atomic E-state index is 14.4. The summed E-state index contributed by atoms with van der Waals surface area (Å²) in [6, 6.07) is 34.4. The van der Waals surface area contributed by atoms with Crippen LogP contribution in [0.3, 0.4) is 0 Å². The molecule has 4 aromatic carbocycles. The van der Waals surface area contributed by atoms with E-state index in [0.717, 1.165) is 16.7 Å². The van der Waals surface area contributed by atoms with Crippen molar-refractivity contribution < 1.29 is 22.7 Å². The molecule has 5 aromatic rings. The molecule has 41 heavy (non-hydrogen) atoms. The molecule has 0 amide bonds. The maximum absolute atomic E-state index is 14.4. The van der Waals surface area contributed by atoms with Crippen LogP contribution in [-0.4, -0.2) is 29.6 Å². The van der Waals surface area contributed by atoms with E-state index in [-0.39, 0.29) is 22.1 Å². The van der Waals surface area contributed by atoms with Crippen LogP contribution >= 0.6 is 0 Å². The van der Waals surface area contributed by atoms with Gasteiger partial charge in [-0.25, -0.2) is 17.5 Å². The number of aryl methyl sites for hydroxylation is 1. The first-order chi connectivity index (χ1) is 19.8. The van der Waals surface area contributed by atoms with Crippen molar-refractivity contribution in [3.05, 3.63) is 149 Å². The van der Waals surface area contributed by atoms with Crippen LogP contribution in [0.2, 0.25) is 0 Å². The molecule has 1 aliphatic heterocycles. The third-order valence-corrected chi connectivity index (χ3v) is 8.91. The summed E-state index contributed by atoms with van der Waals surface area (Å²) in [5.74, 6) is -0.0707. The van der Waals surface area contributed by atoms with Gasteiger partial charge in [-0.05, 0) is 54.4 Å². The molecule has 0 bridgehead atoms. The molecule has 1 aromatic heterocycles. The van der Waals surface area contributed by atoms with Crippen molar-refractivity contribution in [1.82, 2.24) is 4.31 Å². The molecular weight excluding hydrogens is 536 g/mol. The molecule has 204 valence electrons. The van der Waals surface area contributed by atoms with E-state index in [9.17, 15) is 18.3 Å². The van der Waals surface area contributed by atoms with Crippen molar-refractivity contribution in [3.8, 4) is 11.3 Å². The standard InChI is InChI=1S/C33H26N2O5S/c1-22-12-18-27(19-13-22)41(38,39)35-31(25-10-6-3-7-11-25)30(24-8-4-2-5-9-24)34-32(35)29-21-20-28(40-29)23-14-16-26(17-15-23)33(36)37/h2-21,30-31H,1H3,(H,36,37)/t30-,31-/m1/s1. The Bertz CT molecular complexity index is 1830. The summed E-state index contributed by atoms with van der Waals surface area (Å²) in [6.07, 6.45) is 0. The predicted octanol–water partition coefficient (Wildman–Crippen LogP) is 6.89. The van der Waals surface area contributed by atoms with E-state index in [1.54, 1.807) is 48.5 Å². The van der Waals surface area contributed by atoms with Gasteiger partial charge in [-0.2, -0.15) is 0 Å². The van der Waals surface area contributed by atoms with Crippen LogP contribution in [0.4, 0.5) is 0 Å². The number of furan rings is 1. The van der Waals surface area contributed by atoms with Crippen LogP contribution in [0.25, 0.3) is 11.3 Å². The average molecular weight is 563 g/mol. The van der Waals surface area contributed by atoms with Crippen molar-refractivity contribution in [2.24, 2.45) is 4.99 Å². The van der Waals surface area contributed by atoms with Gasteiger partial charge >= 0.3 is 5.97 Å². The van der Waals surface area contributed by atoms with Crippen LogP contribution in [0, 0.1) is 6.92 Å². The Morgan fingerprint density at radius 1 is 0.756 bits per heavy atom. The van der Waals surface area contributed by atoms with Gasteiger partial charge in [0.25, 0.3) is 10.0 Å². The number of carboxylic acid groups (broad SMARTS) is 1. The topological polar surface area (TPSA) is 100 Å². The number of rotatable bonds is 7. The first-order valence-electron chi connectivity index (χ1n) is 13.1. The zero-order chi connectivity index (χ0) is 28.6. The van der Waals surface area contributed by atoms with E-state index in [1.807, 2.05) is 67.6 Å². The molecule has 2 heterocycles. The fourth-order valence-corrected chi connectivity index (χ4v) is 6.65. The molecule has 8 heteroatoms. The fourth-order valence-electron chi connectivity index (χ4n) is 5.04. The first-order valence-corrected chi connectivity index (χ1v) is 14.5. The van der Waals surface area contributed by atoms with Crippen LogP contribution < -0.4 is 0 Å². The Hall–Kier alpha value is -4.95. The smallest absolute Gasteiger partial charge is 0.335 e. The van der Waals surface area contributed by atoms with E-state index in [2.05, 4.69) is 0 Å². The van der Waals surface area contributed by atoms with Crippen molar-refractivity contribution in [1.29, 1.82) is 0 Å². The summed E-state index contributed by atoms with van der Waals surface area (Å²) in [5.41, 5.74) is 3.44. The number of carbonyl (C=O) groups is 1. The summed E-state index contributed by atoms with van der Waals surface area (Å²) < 4.78 is 36.4. The van der Waals surface area contributed by atoms with E-state index in [4.69, 9.17) is 9.41 Å². The minimum absolute atomic E-state index is 0.154. The fraction of sp³-hybridized carbons (Fsp3) is 0.0909. The van der Waals surface area contributed by atoms with Crippen molar-refractivity contribution in [3.63, 3.8) is 0 Å². The third kappa shape index (κ3) is 4.94. The van der Waals surface area contributed by atoms with E-state index >= 15 is 0 Å². The number of amidine groups is 1. The van der Waals surface area contributed by atoms with Gasteiger partial charge in [0.2, 0.25) is 0 Å². The van der Waals surface area contributed by atoms with Crippen LogP contribution in [0.5, 0.6) is 0 Å². The minimum Gasteiger partial charge on any atom is -0.478 e. The highest BCUT2D eigenvalue weighted by atomic mass is 32.2. The largest absolute Gasteiger partial charge is 0.478 e. The van der Waals surface area contributed by atoms with Gasteiger partial charge in [0.1, 0.15) is 11.8 Å². The molecule has 2 atom stereocenters. The number of sulfonamides is 1. The summed E-state index contributed by atoms with van der Waals surface area (Å²) in [6.45, 7) is 1.91. The first kappa shape index (κ1) is 26.3. The predicted molar refractivity (Wildman–Crippen MR) is 156 cm³/mol. The zero-order valence-electron chi connectivity index (χ0n) is 22.1. The Labute approximate surface area is 238 Å². The van der Waals surface area contributed by atoms with Gasteiger partial charge in [-0.3, -0.25) is 4.99 Å². The van der Waals surface area contributed by atoms with Gasteiger partial charge in [0, 0.05) is 5.56 Å². The second-order valence-electron chi connectivity index (χ2n) is 9.82. The van der Waals surface area contributed by atoms with E-state index < -0.39 is 28.1 Å². The third-order valence-electron chi connectivity index (χ3n) is 7.12. The molecule has 7 nitrogen and oxygen atoms in total. The Morgan fingerprint density at radius 3 is 1.95 bits per heavy atom. The average Bonchev–Trinajstić information content (AvgIpc) is 3.65. The number of carboxylic acids is 1. The quantitative estimate of drug-likeness (QED) is 0.233. The number of benzene rings is 4. The lowest BCUT2D eigenvalue weighted by atomic mass is 9.95. The molecule has 0 saturated carbocycles.